The molecule has 0 spiro atoms. The number of unbranched alkanes of at least 4 members (excludes halogenated alkanes) is 6. The van der Waals surface area contributed by atoms with E-state index < -0.39 is 0 Å². The van der Waals surface area contributed by atoms with E-state index >= 15 is 0 Å². The Morgan fingerprint density at radius 1 is 1.00 bits per heavy atom. The quantitative estimate of drug-likeness (QED) is 0.368. The molecule has 1 N–H and O–H groups in total. The second-order valence-corrected chi connectivity index (χ2v) is 4.35. The van der Waals surface area contributed by atoms with Crippen LogP contribution in [0.5, 0.6) is 0 Å². The summed E-state index contributed by atoms with van der Waals surface area (Å²) < 4.78 is 0. The number of hydrazone groups is 1. The van der Waals surface area contributed by atoms with Gasteiger partial charge in [-0.15, -0.1) is 0 Å². The van der Waals surface area contributed by atoms with Gasteiger partial charge in [0.25, 0.3) is 0 Å². The largest absolute Gasteiger partial charge is 0.279 e. The number of hydrogen-bond acceptors (Lipinski definition) is 2. The summed E-state index contributed by atoms with van der Waals surface area (Å²) in [6.45, 7) is 2.25. The third-order valence-electron chi connectivity index (χ3n) is 2.75. The highest BCUT2D eigenvalue weighted by atomic mass is 15.3. The van der Waals surface area contributed by atoms with Crippen LogP contribution in [0.25, 0.3) is 0 Å². The van der Waals surface area contributed by atoms with Gasteiger partial charge in [-0.25, -0.2) is 0 Å². The van der Waals surface area contributed by atoms with Gasteiger partial charge in [0, 0.05) is 6.21 Å². The van der Waals surface area contributed by atoms with E-state index in [9.17, 15) is 0 Å². The summed E-state index contributed by atoms with van der Waals surface area (Å²) in [5.74, 6) is 0. The summed E-state index contributed by atoms with van der Waals surface area (Å²) in [4.78, 5) is 0. The van der Waals surface area contributed by atoms with Crippen molar-refractivity contribution in [1.82, 2.24) is 0 Å². The van der Waals surface area contributed by atoms with Gasteiger partial charge in [-0.2, -0.15) is 5.10 Å². The van der Waals surface area contributed by atoms with Crippen molar-refractivity contribution in [3.05, 3.63) is 30.3 Å². The fourth-order valence-corrected chi connectivity index (χ4v) is 1.71. The van der Waals surface area contributed by atoms with Crippen LogP contribution in [0.1, 0.15) is 51.9 Å². The molecule has 0 saturated carbocycles. The van der Waals surface area contributed by atoms with Gasteiger partial charge < -0.3 is 0 Å². The van der Waals surface area contributed by atoms with Crippen molar-refractivity contribution < 1.29 is 0 Å². The van der Waals surface area contributed by atoms with Crippen LogP contribution in [0.15, 0.2) is 35.4 Å². The van der Waals surface area contributed by atoms with E-state index in [1.165, 1.54) is 38.5 Å². The molecule has 17 heavy (non-hydrogen) atoms. The van der Waals surface area contributed by atoms with Crippen LogP contribution in [0.4, 0.5) is 5.69 Å². The van der Waals surface area contributed by atoms with Crippen LogP contribution in [0.2, 0.25) is 0 Å². The maximum absolute atomic E-state index is 4.20. The minimum absolute atomic E-state index is 1.05. The molecule has 2 nitrogen and oxygen atoms in total. The van der Waals surface area contributed by atoms with E-state index in [0.717, 1.165) is 12.1 Å². The van der Waals surface area contributed by atoms with Gasteiger partial charge in [-0.3, -0.25) is 5.43 Å². The molecule has 0 aliphatic carbocycles. The predicted molar refractivity (Wildman–Crippen MR) is 76.5 cm³/mol. The summed E-state index contributed by atoms with van der Waals surface area (Å²) >= 11 is 0. The predicted octanol–water partition coefficient (Wildman–Crippen LogP) is 4.83. The molecule has 0 heterocycles. The Hall–Kier alpha value is -1.31. The second-order valence-electron chi connectivity index (χ2n) is 4.35. The molecular weight excluding hydrogens is 208 g/mol. The summed E-state index contributed by atoms with van der Waals surface area (Å²) in [6.07, 6.45) is 11.1. The minimum atomic E-state index is 1.05. The normalized spacial score (nSPS) is 10.9. The van der Waals surface area contributed by atoms with Gasteiger partial charge in [0.15, 0.2) is 0 Å². The van der Waals surface area contributed by atoms with E-state index in [1.54, 1.807) is 0 Å². The van der Waals surface area contributed by atoms with E-state index in [2.05, 4.69) is 17.5 Å². The van der Waals surface area contributed by atoms with Crippen molar-refractivity contribution in [2.24, 2.45) is 5.10 Å². The highest BCUT2D eigenvalue weighted by Crippen LogP contribution is 2.06. The molecule has 0 aromatic heterocycles. The molecule has 0 saturated heterocycles. The van der Waals surface area contributed by atoms with Crippen molar-refractivity contribution in [3.8, 4) is 0 Å². The molecule has 0 aliphatic heterocycles. The molecule has 0 amide bonds. The summed E-state index contributed by atoms with van der Waals surface area (Å²) in [5.41, 5.74) is 4.07. The van der Waals surface area contributed by atoms with Crippen molar-refractivity contribution >= 4 is 11.9 Å². The molecule has 1 rings (SSSR count). The van der Waals surface area contributed by atoms with Gasteiger partial charge in [0.05, 0.1) is 5.69 Å². The van der Waals surface area contributed by atoms with Gasteiger partial charge in [0.1, 0.15) is 0 Å². The molecular formula is C15H24N2. The highest BCUT2D eigenvalue weighted by Gasteiger charge is 1.88. The molecule has 2 heteroatoms. The van der Waals surface area contributed by atoms with Crippen LogP contribution in [-0.2, 0) is 0 Å². The Bertz CT molecular complexity index is 293. The minimum Gasteiger partial charge on any atom is -0.279 e. The van der Waals surface area contributed by atoms with E-state index in [-0.39, 0.29) is 0 Å². The van der Waals surface area contributed by atoms with Crippen LogP contribution < -0.4 is 5.43 Å². The standard InChI is InChI=1S/C15H24N2/c1-2-3-4-5-6-7-11-14-16-17-15-12-9-8-10-13-15/h8-10,12-14,17H,2-7,11H2,1H3/b16-14+. The Labute approximate surface area is 105 Å². The summed E-state index contributed by atoms with van der Waals surface area (Å²) in [5, 5.41) is 4.20. The van der Waals surface area contributed by atoms with E-state index in [4.69, 9.17) is 0 Å². The average Bonchev–Trinajstić information content (AvgIpc) is 2.38. The van der Waals surface area contributed by atoms with Crippen molar-refractivity contribution in [2.75, 3.05) is 5.43 Å². The van der Waals surface area contributed by atoms with Gasteiger partial charge in [0.2, 0.25) is 0 Å². The maximum atomic E-state index is 4.20. The molecule has 0 aliphatic rings. The molecule has 0 bridgehead atoms. The number of hydrogen-bond donors (Lipinski definition) is 1. The van der Waals surface area contributed by atoms with Gasteiger partial charge >= 0.3 is 0 Å². The summed E-state index contributed by atoms with van der Waals surface area (Å²) in [7, 11) is 0. The van der Waals surface area contributed by atoms with Crippen molar-refractivity contribution in [1.29, 1.82) is 0 Å². The number of anilines is 1. The molecule has 0 atom stereocenters. The van der Waals surface area contributed by atoms with Crippen LogP contribution in [0.3, 0.4) is 0 Å². The number of para-hydroxylation sites is 1. The van der Waals surface area contributed by atoms with E-state index in [0.29, 0.717) is 0 Å². The number of nitrogens with one attached hydrogen (secondary N) is 1. The Morgan fingerprint density at radius 3 is 2.47 bits per heavy atom. The zero-order valence-electron chi connectivity index (χ0n) is 10.9. The lowest BCUT2D eigenvalue weighted by Crippen LogP contribution is -1.88. The first-order valence-electron chi connectivity index (χ1n) is 6.76. The number of nitrogens with zero attached hydrogens (tertiary/aromatic N) is 1. The highest BCUT2D eigenvalue weighted by molar-refractivity contribution is 5.59. The lowest BCUT2D eigenvalue weighted by molar-refractivity contribution is 0.616. The molecule has 94 valence electrons. The molecule has 0 unspecified atom stereocenters. The third kappa shape index (κ3) is 7.56. The second kappa shape index (κ2) is 9.88. The lowest BCUT2D eigenvalue weighted by Gasteiger charge is -1.99. The molecule has 0 fully saturated rings. The summed E-state index contributed by atoms with van der Waals surface area (Å²) in [6, 6.07) is 10.0. The molecule has 1 aromatic rings. The monoisotopic (exact) mass is 232 g/mol. The van der Waals surface area contributed by atoms with Crippen molar-refractivity contribution in [3.63, 3.8) is 0 Å². The molecule has 0 radical (unpaired) electrons. The SMILES string of the molecule is CCCCCCCC/C=N/Nc1ccccc1. The zero-order chi connectivity index (χ0) is 12.2. The topological polar surface area (TPSA) is 24.4 Å². The third-order valence-corrected chi connectivity index (χ3v) is 2.75. The van der Waals surface area contributed by atoms with Gasteiger partial charge in [-0.1, -0.05) is 57.2 Å². The average molecular weight is 232 g/mol. The van der Waals surface area contributed by atoms with Crippen LogP contribution in [0, 0.1) is 0 Å². The lowest BCUT2D eigenvalue weighted by atomic mass is 10.1. The maximum Gasteiger partial charge on any atom is 0.0561 e. The van der Waals surface area contributed by atoms with Crippen molar-refractivity contribution in [2.45, 2.75) is 51.9 Å². The Balaban J connectivity index is 1.96. The molecule has 1 aromatic carbocycles. The fraction of sp³-hybridized carbons (Fsp3) is 0.533. The fourth-order valence-electron chi connectivity index (χ4n) is 1.71. The smallest absolute Gasteiger partial charge is 0.0561 e. The van der Waals surface area contributed by atoms with Gasteiger partial charge in [-0.05, 0) is 25.0 Å². The first kappa shape index (κ1) is 13.8. The first-order chi connectivity index (χ1) is 8.43. The zero-order valence-corrected chi connectivity index (χ0v) is 10.9. The van der Waals surface area contributed by atoms with Crippen LogP contribution >= 0.6 is 0 Å². The Kier molecular flexibility index (Phi) is 8.00. The number of benzene rings is 1. The number of rotatable bonds is 9. The van der Waals surface area contributed by atoms with Crippen LogP contribution in [-0.4, -0.2) is 6.21 Å². The Morgan fingerprint density at radius 2 is 1.71 bits per heavy atom. The first-order valence-corrected chi connectivity index (χ1v) is 6.76. The van der Waals surface area contributed by atoms with E-state index in [1.807, 2.05) is 36.5 Å².